The summed E-state index contributed by atoms with van der Waals surface area (Å²) in [7, 11) is 0. The van der Waals surface area contributed by atoms with Crippen molar-refractivity contribution < 1.29 is 4.74 Å². The van der Waals surface area contributed by atoms with Crippen LogP contribution >= 0.6 is 0 Å². The summed E-state index contributed by atoms with van der Waals surface area (Å²) in [6.07, 6.45) is 3.47. The summed E-state index contributed by atoms with van der Waals surface area (Å²) in [6.45, 7) is 12.5. The van der Waals surface area contributed by atoms with E-state index in [9.17, 15) is 0 Å². The second kappa shape index (κ2) is 7.77. The van der Waals surface area contributed by atoms with Crippen LogP contribution in [0.4, 0.5) is 0 Å². The van der Waals surface area contributed by atoms with E-state index in [1.54, 1.807) is 0 Å². The highest BCUT2D eigenvalue weighted by Crippen LogP contribution is 2.38. The molecule has 0 aliphatic carbocycles. The maximum atomic E-state index is 5.66. The Morgan fingerprint density at radius 2 is 2.08 bits per heavy atom. The molecule has 1 aromatic carbocycles. The summed E-state index contributed by atoms with van der Waals surface area (Å²) >= 11 is 0. The molecule has 4 heteroatoms. The highest BCUT2D eigenvalue weighted by atomic mass is 16.5. The zero-order valence-electron chi connectivity index (χ0n) is 16.1. The molecule has 3 rings (SSSR count). The lowest BCUT2D eigenvalue weighted by Crippen LogP contribution is -2.42. The molecule has 2 heterocycles. The summed E-state index contributed by atoms with van der Waals surface area (Å²) in [5.41, 5.74) is 1.90. The number of benzene rings is 1. The number of hydrogen-bond acceptors (Lipinski definition) is 2. The molecule has 2 aliphatic heterocycles. The molecule has 25 heavy (non-hydrogen) atoms. The number of rotatable bonds is 5. The van der Waals surface area contributed by atoms with Crippen molar-refractivity contribution in [3.05, 3.63) is 35.9 Å². The van der Waals surface area contributed by atoms with E-state index >= 15 is 0 Å². The van der Waals surface area contributed by atoms with Gasteiger partial charge in [0.15, 0.2) is 5.96 Å². The number of nitrogens with one attached hydrogen (secondary N) is 1. The zero-order chi connectivity index (χ0) is 17.8. The Kier molecular flexibility index (Phi) is 5.67. The predicted molar refractivity (Wildman–Crippen MR) is 104 cm³/mol. The third-order valence-electron chi connectivity index (χ3n) is 5.44. The van der Waals surface area contributed by atoms with Crippen molar-refractivity contribution in [1.29, 1.82) is 0 Å². The van der Waals surface area contributed by atoms with Gasteiger partial charge in [-0.25, -0.2) is 0 Å². The molecule has 0 aromatic heterocycles. The predicted octanol–water partition coefficient (Wildman–Crippen LogP) is 3.33. The van der Waals surface area contributed by atoms with Gasteiger partial charge in [-0.15, -0.1) is 0 Å². The van der Waals surface area contributed by atoms with Gasteiger partial charge in [-0.2, -0.15) is 0 Å². The topological polar surface area (TPSA) is 36.9 Å². The van der Waals surface area contributed by atoms with Crippen LogP contribution < -0.4 is 5.32 Å². The van der Waals surface area contributed by atoms with Gasteiger partial charge < -0.3 is 15.0 Å². The van der Waals surface area contributed by atoms with Crippen LogP contribution in [0, 0.1) is 10.8 Å². The minimum Gasteiger partial charge on any atom is -0.381 e. The van der Waals surface area contributed by atoms with E-state index in [1.807, 2.05) is 0 Å². The Labute approximate surface area is 152 Å². The molecule has 4 nitrogen and oxygen atoms in total. The Balaban J connectivity index is 1.63. The van der Waals surface area contributed by atoms with E-state index in [1.165, 1.54) is 18.4 Å². The molecule has 1 atom stereocenters. The van der Waals surface area contributed by atoms with Crippen LogP contribution in [-0.4, -0.2) is 50.3 Å². The number of likely N-dealkylation sites (tertiary alicyclic amines) is 1. The van der Waals surface area contributed by atoms with Crippen molar-refractivity contribution in [1.82, 2.24) is 10.2 Å². The fourth-order valence-corrected chi connectivity index (χ4v) is 4.01. The molecule has 1 N–H and O–H groups in total. The van der Waals surface area contributed by atoms with Gasteiger partial charge in [0.05, 0.1) is 6.61 Å². The van der Waals surface area contributed by atoms with Crippen molar-refractivity contribution in [2.45, 2.75) is 40.0 Å². The second-order valence-electron chi connectivity index (χ2n) is 8.47. The standard InChI is InChI=1S/C21H33N3O/c1-4-22-19(24-12-10-21(16-24)11-13-25-17-21)23-15-20(2,3)14-18-8-6-5-7-9-18/h5-9H,4,10-17H2,1-3H3,(H,22,23). The molecule has 2 saturated heterocycles. The maximum absolute atomic E-state index is 5.66. The third kappa shape index (κ3) is 4.75. The van der Waals surface area contributed by atoms with E-state index in [0.29, 0.717) is 5.41 Å². The van der Waals surface area contributed by atoms with E-state index in [-0.39, 0.29) is 5.41 Å². The largest absolute Gasteiger partial charge is 0.381 e. The smallest absolute Gasteiger partial charge is 0.193 e. The number of guanidine groups is 1. The van der Waals surface area contributed by atoms with E-state index < -0.39 is 0 Å². The van der Waals surface area contributed by atoms with Crippen LogP contribution in [0.15, 0.2) is 35.3 Å². The van der Waals surface area contributed by atoms with Gasteiger partial charge in [-0.1, -0.05) is 44.2 Å². The molecule has 2 aliphatic rings. The number of nitrogens with zero attached hydrogens (tertiary/aromatic N) is 2. The Morgan fingerprint density at radius 1 is 1.28 bits per heavy atom. The molecule has 0 amide bonds. The van der Waals surface area contributed by atoms with Crippen molar-refractivity contribution >= 4 is 5.96 Å². The first-order chi connectivity index (χ1) is 12.0. The summed E-state index contributed by atoms with van der Waals surface area (Å²) in [5, 5.41) is 3.50. The van der Waals surface area contributed by atoms with Crippen LogP contribution in [0.25, 0.3) is 0 Å². The highest BCUT2D eigenvalue weighted by molar-refractivity contribution is 5.80. The summed E-state index contributed by atoms with van der Waals surface area (Å²) < 4.78 is 5.66. The zero-order valence-corrected chi connectivity index (χ0v) is 16.1. The molecular formula is C21H33N3O. The normalized spacial score (nSPS) is 24.3. The van der Waals surface area contributed by atoms with E-state index in [0.717, 1.165) is 51.8 Å². The lowest BCUT2D eigenvalue weighted by molar-refractivity contribution is 0.156. The summed E-state index contributed by atoms with van der Waals surface area (Å²) in [4.78, 5) is 7.45. The Hall–Kier alpha value is -1.55. The van der Waals surface area contributed by atoms with Crippen LogP contribution in [0.1, 0.15) is 39.2 Å². The Morgan fingerprint density at radius 3 is 2.76 bits per heavy atom. The quantitative estimate of drug-likeness (QED) is 0.658. The average Bonchev–Trinajstić information content (AvgIpc) is 3.22. The first kappa shape index (κ1) is 18.2. The molecule has 1 spiro atoms. The van der Waals surface area contributed by atoms with Gasteiger partial charge in [-0.3, -0.25) is 4.99 Å². The van der Waals surface area contributed by atoms with E-state index in [4.69, 9.17) is 9.73 Å². The van der Waals surface area contributed by atoms with Gasteiger partial charge >= 0.3 is 0 Å². The first-order valence-electron chi connectivity index (χ1n) is 9.67. The monoisotopic (exact) mass is 343 g/mol. The van der Waals surface area contributed by atoms with Gasteiger partial charge in [-0.05, 0) is 37.2 Å². The fourth-order valence-electron chi connectivity index (χ4n) is 4.01. The van der Waals surface area contributed by atoms with Crippen LogP contribution in [-0.2, 0) is 11.2 Å². The molecule has 138 valence electrons. The summed E-state index contributed by atoms with van der Waals surface area (Å²) in [5.74, 6) is 1.08. The van der Waals surface area contributed by atoms with Crippen LogP contribution in [0.5, 0.6) is 0 Å². The van der Waals surface area contributed by atoms with Crippen molar-refractivity contribution in [2.75, 3.05) is 39.4 Å². The van der Waals surface area contributed by atoms with Gasteiger partial charge in [0.1, 0.15) is 0 Å². The van der Waals surface area contributed by atoms with E-state index in [2.05, 4.69) is 61.3 Å². The molecule has 0 radical (unpaired) electrons. The first-order valence-corrected chi connectivity index (χ1v) is 9.67. The number of aliphatic imine (C=N–C) groups is 1. The van der Waals surface area contributed by atoms with Gasteiger partial charge in [0, 0.05) is 38.2 Å². The molecule has 0 bridgehead atoms. The Bertz CT molecular complexity index is 576. The average molecular weight is 344 g/mol. The van der Waals surface area contributed by atoms with Crippen molar-refractivity contribution in [3.8, 4) is 0 Å². The van der Waals surface area contributed by atoms with Crippen molar-refractivity contribution in [3.63, 3.8) is 0 Å². The molecule has 0 saturated carbocycles. The van der Waals surface area contributed by atoms with Gasteiger partial charge in [0.2, 0.25) is 0 Å². The van der Waals surface area contributed by atoms with Crippen LogP contribution in [0.3, 0.4) is 0 Å². The molecule has 1 unspecified atom stereocenters. The lowest BCUT2D eigenvalue weighted by Gasteiger charge is -2.27. The SMILES string of the molecule is CCNC(=NCC(C)(C)Cc1ccccc1)N1CCC2(CCOC2)C1. The summed E-state index contributed by atoms with van der Waals surface area (Å²) in [6, 6.07) is 10.7. The third-order valence-corrected chi connectivity index (χ3v) is 5.44. The number of hydrogen-bond donors (Lipinski definition) is 1. The maximum Gasteiger partial charge on any atom is 0.193 e. The van der Waals surface area contributed by atoms with Crippen LogP contribution in [0.2, 0.25) is 0 Å². The van der Waals surface area contributed by atoms with Crippen molar-refractivity contribution in [2.24, 2.45) is 15.8 Å². The molecule has 1 aromatic rings. The lowest BCUT2D eigenvalue weighted by atomic mass is 9.86. The number of ether oxygens (including phenoxy) is 1. The minimum atomic E-state index is 0.149. The molecule has 2 fully saturated rings. The second-order valence-corrected chi connectivity index (χ2v) is 8.47. The minimum absolute atomic E-state index is 0.149. The molecular weight excluding hydrogens is 310 g/mol. The fraction of sp³-hybridized carbons (Fsp3) is 0.667. The highest BCUT2D eigenvalue weighted by Gasteiger charge is 2.42. The van der Waals surface area contributed by atoms with Gasteiger partial charge in [0.25, 0.3) is 0 Å².